The lowest BCUT2D eigenvalue weighted by Gasteiger charge is -2.06. The van der Waals surface area contributed by atoms with Crippen molar-refractivity contribution in [1.82, 2.24) is 4.98 Å². The molecule has 1 heterocycles. The fourth-order valence-corrected chi connectivity index (χ4v) is 2.36. The maximum Gasteiger partial charge on any atom is 0.416 e. The summed E-state index contributed by atoms with van der Waals surface area (Å²) >= 11 is 1.14. The number of nitriles is 1. The molecule has 0 saturated heterocycles. The van der Waals surface area contributed by atoms with Gasteiger partial charge in [-0.05, 0) is 18.2 Å². The van der Waals surface area contributed by atoms with Gasteiger partial charge in [0.05, 0.1) is 11.3 Å². The lowest BCUT2D eigenvalue weighted by atomic mass is 10.1. The normalized spacial score (nSPS) is 12.0. The smallest absolute Gasteiger partial charge is 0.416 e. The number of rotatable bonds is 3. The molecule has 1 aromatic carbocycles. The summed E-state index contributed by atoms with van der Waals surface area (Å²) in [7, 11) is 0. The number of carboxylic acid groups (broad SMARTS) is 1. The molecule has 0 radical (unpaired) electrons. The van der Waals surface area contributed by atoms with E-state index in [-0.39, 0.29) is 5.69 Å². The van der Waals surface area contributed by atoms with E-state index in [2.05, 4.69) is 4.98 Å². The Bertz CT molecular complexity index is 771. The summed E-state index contributed by atoms with van der Waals surface area (Å²) in [6.07, 6.45) is -3.30. The zero-order chi connectivity index (χ0) is 16.3. The summed E-state index contributed by atoms with van der Waals surface area (Å²) in [6.45, 7) is 0. The fraction of sp³-hybridized carbons (Fsp3) is 0.0714. The van der Waals surface area contributed by atoms with Crippen molar-refractivity contribution in [2.45, 2.75) is 6.18 Å². The number of aliphatic carboxylic acids is 1. The van der Waals surface area contributed by atoms with Crippen LogP contribution in [0, 0.1) is 11.3 Å². The molecule has 112 valence electrons. The number of thiazole rings is 1. The van der Waals surface area contributed by atoms with Gasteiger partial charge >= 0.3 is 12.1 Å². The highest BCUT2D eigenvalue weighted by atomic mass is 32.1. The van der Waals surface area contributed by atoms with Crippen LogP contribution in [0.3, 0.4) is 0 Å². The Hall–Kier alpha value is -2.66. The molecule has 1 aromatic heterocycles. The van der Waals surface area contributed by atoms with E-state index in [0.717, 1.165) is 29.5 Å². The molecule has 0 fully saturated rings. The molecule has 1 N–H and O–H groups in total. The number of carbonyl (C=O) groups is 1. The van der Waals surface area contributed by atoms with Gasteiger partial charge in [0.25, 0.3) is 0 Å². The first-order chi connectivity index (χ1) is 10.3. The molecule has 0 spiro atoms. The third-order valence-electron chi connectivity index (χ3n) is 2.62. The molecule has 0 unspecified atom stereocenters. The third-order valence-corrected chi connectivity index (χ3v) is 3.53. The Kier molecular flexibility index (Phi) is 4.28. The molecule has 0 amide bonds. The van der Waals surface area contributed by atoms with Crippen LogP contribution >= 0.6 is 11.3 Å². The molecule has 4 nitrogen and oxygen atoms in total. The van der Waals surface area contributed by atoms with E-state index in [1.54, 1.807) is 0 Å². The number of alkyl halides is 3. The predicted octanol–water partition coefficient (Wildman–Crippen LogP) is 3.82. The Labute approximate surface area is 126 Å². The molecule has 0 aliphatic heterocycles. The molecule has 22 heavy (non-hydrogen) atoms. The summed E-state index contributed by atoms with van der Waals surface area (Å²) in [4.78, 5) is 14.8. The van der Waals surface area contributed by atoms with Gasteiger partial charge in [-0.1, -0.05) is 12.1 Å². The van der Waals surface area contributed by atoms with Crippen LogP contribution in [0.5, 0.6) is 0 Å². The molecular formula is C14H7F3N2O2S. The molecular weight excluding hydrogens is 317 g/mol. The van der Waals surface area contributed by atoms with Crippen LogP contribution in [0.15, 0.2) is 35.2 Å². The second-order valence-electron chi connectivity index (χ2n) is 4.13. The summed E-state index contributed by atoms with van der Waals surface area (Å²) in [5.41, 5.74) is -0.486. The minimum absolute atomic E-state index is 0.263. The number of benzene rings is 1. The highest BCUT2D eigenvalue weighted by Crippen LogP contribution is 2.31. The maximum atomic E-state index is 12.5. The first-order valence-electron chi connectivity index (χ1n) is 5.79. The molecule has 0 saturated carbocycles. The maximum absolute atomic E-state index is 12.5. The third kappa shape index (κ3) is 3.51. The van der Waals surface area contributed by atoms with Crippen LogP contribution in [-0.4, -0.2) is 16.1 Å². The van der Waals surface area contributed by atoms with Crippen LogP contribution < -0.4 is 0 Å². The van der Waals surface area contributed by atoms with Crippen LogP contribution in [-0.2, 0) is 11.0 Å². The van der Waals surface area contributed by atoms with E-state index in [1.165, 1.54) is 23.6 Å². The van der Waals surface area contributed by atoms with Crippen LogP contribution in [0.4, 0.5) is 13.2 Å². The highest BCUT2D eigenvalue weighted by molar-refractivity contribution is 7.13. The molecule has 0 aliphatic rings. The van der Waals surface area contributed by atoms with Gasteiger partial charge in [0.2, 0.25) is 0 Å². The number of hydrogen-bond acceptors (Lipinski definition) is 4. The Morgan fingerprint density at radius 3 is 2.45 bits per heavy atom. The number of hydrogen-bond donors (Lipinski definition) is 1. The topological polar surface area (TPSA) is 74.0 Å². The van der Waals surface area contributed by atoms with E-state index in [9.17, 15) is 18.0 Å². The van der Waals surface area contributed by atoms with Crippen molar-refractivity contribution in [1.29, 1.82) is 5.26 Å². The first kappa shape index (κ1) is 15.7. The van der Waals surface area contributed by atoms with Gasteiger partial charge < -0.3 is 5.11 Å². The van der Waals surface area contributed by atoms with E-state index < -0.39 is 23.3 Å². The second kappa shape index (κ2) is 5.99. The Morgan fingerprint density at radius 1 is 1.32 bits per heavy atom. The zero-order valence-electron chi connectivity index (χ0n) is 10.8. The number of carboxylic acids is 1. The summed E-state index contributed by atoms with van der Waals surface area (Å²) in [5, 5.41) is 19.4. The average molecular weight is 324 g/mol. The SMILES string of the molecule is N#C/C(=C/c1csc(-c2ccc(C(F)(F)F)cc2)n1)C(=O)O. The van der Waals surface area contributed by atoms with Crippen molar-refractivity contribution < 1.29 is 23.1 Å². The average Bonchev–Trinajstić information content (AvgIpc) is 2.92. The molecule has 2 aromatic rings. The van der Waals surface area contributed by atoms with Gasteiger partial charge in [-0.15, -0.1) is 11.3 Å². The minimum Gasteiger partial charge on any atom is -0.477 e. The van der Waals surface area contributed by atoms with Crippen molar-refractivity contribution in [3.05, 3.63) is 46.5 Å². The van der Waals surface area contributed by atoms with Crippen LogP contribution in [0.1, 0.15) is 11.3 Å². The lowest BCUT2D eigenvalue weighted by molar-refractivity contribution is -0.137. The van der Waals surface area contributed by atoms with Crippen molar-refractivity contribution in [2.24, 2.45) is 0 Å². The monoisotopic (exact) mass is 324 g/mol. The molecule has 8 heteroatoms. The first-order valence-corrected chi connectivity index (χ1v) is 6.67. The second-order valence-corrected chi connectivity index (χ2v) is 4.99. The van der Waals surface area contributed by atoms with Crippen molar-refractivity contribution in [3.8, 4) is 16.6 Å². The van der Waals surface area contributed by atoms with E-state index in [4.69, 9.17) is 10.4 Å². The number of nitrogens with zero attached hydrogens (tertiary/aromatic N) is 2. The molecule has 0 atom stereocenters. The Balaban J connectivity index is 2.29. The minimum atomic E-state index is -4.40. The number of halogens is 3. The quantitative estimate of drug-likeness (QED) is 0.688. The summed E-state index contributed by atoms with van der Waals surface area (Å²) < 4.78 is 37.4. The van der Waals surface area contributed by atoms with Gasteiger partial charge in [0.15, 0.2) is 0 Å². The van der Waals surface area contributed by atoms with Gasteiger partial charge in [-0.3, -0.25) is 0 Å². The van der Waals surface area contributed by atoms with Gasteiger partial charge in [0, 0.05) is 10.9 Å². The van der Waals surface area contributed by atoms with Crippen molar-refractivity contribution in [3.63, 3.8) is 0 Å². The largest absolute Gasteiger partial charge is 0.477 e. The van der Waals surface area contributed by atoms with E-state index in [1.807, 2.05) is 0 Å². The standard InChI is InChI=1S/C14H7F3N2O2S/c15-14(16,17)10-3-1-8(2-4-10)12-19-11(7-22-12)5-9(6-18)13(20)21/h1-5,7H,(H,20,21)/b9-5-. The summed E-state index contributed by atoms with van der Waals surface area (Å²) in [5.74, 6) is -1.37. The van der Waals surface area contributed by atoms with Crippen LogP contribution in [0.2, 0.25) is 0 Å². The highest BCUT2D eigenvalue weighted by Gasteiger charge is 2.30. The van der Waals surface area contributed by atoms with Gasteiger partial charge in [-0.2, -0.15) is 18.4 Å². The van der Waals surface area contributed by atoms with E-state index in [0.29, 0.717) is 10.6 Å². The lowest BCUT2D eigenvalue weighted by Crippen LogP contribution is -2.03. The van der Waals surface area contributed by atoms with Crippen LogP contribution in [0.25, 0.3) is 16.6 Å². The zero-order valence-corrected chi connectivity index (χ0v) is 11.6. The molecule has 0 bridgehead atoms. The van der Waals surface area contributed by atoms with Gasteiger partial charge in [-0.25, -0.2) is 9.78 Å². The van der Waals surface area contributed by atoms with E-state index >= 15 is 0 Å². The summed E-state index contributed by atoms with van der Waals surface area (Å²) in [6, 6.07) is 6.00. The molecule has 0 aliphatic carbocycles. The fourth-order valence-electron chi connectivity index (χ4n) is 1.58. The number of aromatic nitrogens is 1. The molecule has 2 rings (SSSR count). The van der Waals surface area contributed by atoms with Gasteiger partial charge in [0.1, 0.15) is 16.6 Å². The predicted molar refractivity (Wildman–Crippen MR) is 73.8 cm³/mol. The van der Waals surface area contributed by atoms with Crippen molar-refractivity contribution >= 4 is 23.4 Å². The Morgan fingerprint density at radius 2 is 1.95 bits per heavy atom. The van der Waals surface area contributed by atoms with Crippen molar-refractivity contribution in [2.75, 3.05) is 0 Å².